The zero-order chi connectivity index (χ0) is 18.1. The van der Waals surface area contributed by atoms with Crippen LogP contribution in [0.1, 0.15) is 16.8 Å². The molecule has 3 aliphatic heterocycles. The van der Waals surface area contributed by atoms with Gasteiger partial charge in [0, 0.05) is 49.2 Å². The van der Waals surface area contributed by atoms with Crippen molar-refractivity contribution in [3.05, 3.63) is 58.8 Å². The molecule has 0 radical (unpaired) electrons. The number of benzene rings is 1. The molecule has 0 saturated carbocycles. The molecule has 2 atom stereocenters. The van der Waals surface area contributed by atoms with E-state index in [0.29, 0.717) is 30.1 Å². The number of allylic oxidation sites excluding steroid dienone is 2. The molecule has 3 heterocycles. The summed E-state index contributed by atoms with van der Waals surface area (Å²) in [6.07, 6.45) is 6.22. The molecule has 26 heavy (non-hydrogen) atoms. The molecule has 3 aliphatic rings. The SMILES string of the molecule is O=C1CC(N2CCN(C(=O)c3cccc(Cl)c3)CC2)C2=CC=CNC2N1. The van der Waals surface area contributed by atoms with Gasteiger partial charge in [-0.15, -0.1) is 0 Å². The van der Waals surface area contributed by atoms with E-state index in [9.17, 15) is 9.59 Å². The van der Waals surface area contributed by atoms with Gasteiger partial charge in [0.05, 0.1) is 0 Å². The molecule has 6 nitrogen and oxygen atoms in total. The molecule has 0 aromatic heterocycles. The van der Waals surface area contributed by atoms with Crippen LogP contribution in [0.5, 0.6) is 0 Å². The number of hydrogen-bond acceptors (Lipinski definition) is 4. The number of carbonyl (C=O) groups excluding carboxylic acids is 2. The fraction of sp³-hybridized carbons (Fsp3) is 0.368. The van der Waals surface area contributed by atoms with E-state index in [0.717, 1.165) is 13.1 Å². The molecule has 0 bridgehead atoms. The van der Waals surface area contributed by atoms with Crippen molar-refractivity contribution in [2.24, 2.45) is 0 Å². The number of piperazine rings is 1. The van der Waals surface area contributed by atoms with Crippen LogP contribution in [0.3, 0.4) is 0 Å². The summed E-state index contributed by atoms with van der Waals surface area (Å²) >= 11 is 6.00. The second-order valence-electron chi connectivity index (χ2n) is 6.75. The Morgan fingerprint density at radius 2 is 2.00 bits per heavy atom. The molecule has 0 aliphatic carbocycles. The Balaban J connectivity index is 1.43. The van der Waals surface area contributed by atoms with Crippen LogP contribution in [-0.4, -0.2) is 60.0 Å². The standard InChI is InChI=1S/C19H21ClN4O2/c20-14-4-1-3-13(11-14)19(26)24-9-7-23(8-10-24)16-12-17(25)22-18-15(16)5-2-6-21-18/h1-6,11,16,18,21H,7-10,12H2,(H,22,25). The second kappa shape index (κ2) is 7.13. The van der Waals surface area contributed by atoms with Crippen LogP contribution >= 0.6 is 11.6 Å². The largest absolute Gasteiger partial charge is 0.368 e. The summed E-state index contributed by atoms with van der Waals surface area (Å²) in [5.41, 5.74) is 1.80. The van der Waals surface area contributed by atoms with Gasteiger partial charge < -0.3 is 15.5 Å². The van der Waals surface area contributed by atoms with E-state index < -0.39 is 0 Å². The molecule has 2 saturated heterocycles. The zero-order valence-corrected chi connectivity index (χ0v) is 15.1. The molecule has 2 N–H and O–H groups in total. The van der Waals surface area contributed by atoms with Crippen LogP contribution in [0.25, 0.3) is 0 Å². The Bertz CT molecular complexity index is 783. The van der Waals surface area contributed by atoms with Crippen LogP contribution in [0.2, 0.25) is 5.02 Å². The van der Waals surface area contributed by atoms with Gasteiger partial charge in [-0.1, -0.05) is 23.7 Å². The first-order valence-corrected chi connectivity index (χ1v) is 9.20. The van der Waals surface area contributed by atoms with Crippen molar-refractivity contribution in [3.63, 3.8) is 0 Å². The Morgan fingerprint density at radius 3 is 2.77 bits per heavy atom. The Kier molecular flexibility index (Phi) is 4.70. The normalized spacial score (nSPS) is 25.8. The van der Waals surface area contributed by atoms with Crippen molar-refractivity contribution in [1.82, 2.24) is 20.4 Å². The number of dihydropyridines is 1. The van der Waals surface area contributed by atoms with Gasteiger partial charge in [-0.25, -0.2) is 0 Å². The summed E-state index contributed by atoms with van der Waals surface area (Å²) in [6, 6.07) is 7.14. The van der Waals surface area contributed by atoms with E-state index in [1.54, 1.807) is 24.3 Å². The molecule has 4 rings (SSSR count). The molecule has 136 valence electrons. The molecule has 0 spiro atoms. The summed E-state index contributed by atoms with van der Waals surface area (Å²) < 4.78 is 0. The minimum atomic E-state index is -0.127. The average molecular weight is 373 g/mol. The molecule has 1 aromatic carbocycles. The van der Waals surface area contributed by atoms with E-state index in [2.05, 4.69) is 21.6 Å². The van der Waals surface area contributed by atoms with Gasteiger partial charge in [-0.2, -0.15) is 0 Å². The van der Waals surface area contributed by atoms with Crippen LogP contribution in [-0.2, 0) is 4.79 Å². The number of piperidine rings is 1. The molecule has 2 unspecified atom stereocenters. The number of hydrogen-bond donors (Lipinski definition) is 2. The third-order valence-electron chi connectivity index (χ3n) is 5.16. The van der Waals surface area contributed by atoms with Crippen LogP contribution < -0.4 is 10.6 Å². The fourth-order valence-corrected chi connectivity index (χ4v) is 4.02. The lowest BCUT2D eigenvalue weighted by atomic mass is 9.92. The van der Waals surface area contributed by atoms with E-state index >= 15 is 0 Å². The summed E-state index contributed by atoms with van der Waals surface area (Å²) in [6.45, 7) is 2.78. The maximum absolute atomic E-state index is 12.7. The van der Waals surface area contributed by atoms with Crippen LogP contribution in [0.4, 0.5) is 0 Å². The predicted octanol–water partition coefficient (Wildman–Crippen LogP) is 1.36. The Labute approximate surface area is 157 Å². The van der Waals surface area contributed by atoms with Gasteiger partial charge in [0.2, 0.25) is 5.91 Å². The lowest BCUT2D eigenvalue weighted by Gasteiger charge is -2.44. The number of halogens is 1. The van der Waals surface area contributed by atoms with Gasteiger partial charge in [0.25, 0.3) is 5.91 Å². The molecule has 2 amide bonds. The number of fused-ring (bicyclic) bond motifs is 1. The number of nitrogens with zero attached hydrogens (tertiary/aromatic N) is 2. The maximum atomic E-state index is 12.7. The van der Waals surface area contributed by atoms with Crippen molar-refractivity contribution in [3.8, 4) is 0 Å². The van der Waals surface area contributed by atoms with Crippen molar-refractivity contribution < 1.29 is 9.59 Å². The first-order valence-electron chi connectivity index (χ1n) is 8.83. The van der Waals surface area contributed by atoms with E-state index in [-0.39, 0.29) is 24.0 Å². The highest BCUT2D eigenvalue weighted by atomic mass is 35.5. The number of amides is 2. The molecule has 7 heteroatoms. The van der Waals surface area contributed by atoms with E-state index in [4.69, 9.17) is 11.6 Å². The first kappa shape index (κ1) is 17.1. The minimum Gasteiger partial charge on any atom is -0.368 e. The zero-order valence-electron chi connectivity index (χ0n) is 14.3. The van der Waals surface area contributed by atoms with E-state index in [1.807, 2.05) is 17.2 Å². The monoisotopic (exact) mass is 372 g/mol. The highest BCUT2D eigenvalue weighted by Crippen LogP contribution is 2.25. The highest BCUT2D eigenvalue weighted by Gasteiger charge is 2.37. The summed E-state index contributed by atoms with van der Waals surface area (Å²) in [7, 11) is 0. The Morgan fingerprint density at radius 1 is 1.19 bits per heavy atom. The molecular formula is C19H21ClN4O2. The van der Waals surface area contributed by atoms with Gasteiger partial charge in [-0.05, 0) is 36.0 Å². The minimum absolute atomic E-state index is 0.00731. The summed E-state index contributed by atoms with van der Waals surface area (Å²) in [4.78, 5) is 28.9. The predicted molar refractivity (Wildman–Crippen MR) is 99.6 cm³/mol. The third-order valence-corrected chi connectivity index (χ3v) is 5.40. The molecular weight excluding hydrogens is 352 g/mol. The van der Waals surface area contributed by atoms with Crippen molar-refractivity contribution in [2.75, 3.05) is 26.2 Å². The average Bonchev–Trinajstić information content (AvgIpc) is 2.67. The van der Waals surface area contributed by atoms with Crippen molar-refractivity contribution in [2.45, 2.75) is 18.6 Å². The number of carbonyl (C=O) groups is 2. The highest BCUT2D eigenvalue weighted by molar-refractivity contribution is 6.30. The van der Waals surface area contributed by atoms with Crippen LogP contribution in [0, 0.1) is 0 Å². The number of rotatable bonds is 2. The quantitative estimate of drug-likeness (QED) is 0.822. The van der Waals surface area contributed by atoms with Crippen molar-refractivity contribution in [1.29, 1.82) is 0 Å². The lowest BCUT2D eigenvalue weighted by molar-refractivity contribution is -0.124. The third kappa shape index (κ3) is 3.34. The van der Waals surface area contributed by atoms with Gasteiger partial charge in [0.15, 0.2) is 0 Å². The van der Waals surface area contributed by atoms with Crippen LogP contribution in [0.15, 0.2) is 48.2 Å². The smallest absolute Gasteiger partial charge is 0.253 e. The van der Waals surface area contributed by atoms with Crippen molar-refractivity contribution >= 4 is 23.4 Å². The molecule has 2 fully saturated rings. The fourth-order valence-electron chi connectivity index (χ4n) is 3.83. The van der Waals surface area contributed by atoms with Gasteiger partial charge in [-0.3, -0.25) is 14.5 Å². The maximum Gasteiger partial charge on any atom is 0.253 e. The first-order chi connectivity index (χ1) is 12.6. The number of nitrogens with one attached hydrogen (secondary N) is 2. The lowest BCUT2D eigenvalue weighted by Crippen LogP contribution is -2.60. The topological polar surface area (TPSA) is 64.7 Å². The Hall–Kier alpha value is -2.31. The summed E-state index contributed by atoms with van der Waals surface area (Å²) in [5, 5.41) is 6.73. The molecule has 1 aromatic rings. The van der Waals surface area contributed by atoms with Gasteiger partial charge in [0.1, 0.15) is 6.17 Å². The summed E-state index contributed by atoms with van der Waals surface area (Å²) in [5.74, 6) is 0.0604. The van der Waals surface area contributed by atoms with E-state index in [1.165, 1.54) is 5.57 Å². The van der Waals surface area contributed by atoms with Gasteiger partial charge >= 0.3 is 0 Å². The second-order valence-corrected chi connectivity index (χ2v) is 7.19.